The van der Waals surface area contributed by atoms with Crippen LogP contribution in [0.4, 0.5) is 0 Å². The average Bonchev–Trinajstić information content (AvgIpc) is 2.16. The van der Waals surface area contributed by atoms with Crippen LogP contribution >= 0.6 is 0 Å². The number of hydrogen-bond donors (Lipinski definition) is 0. The Balaban J connectivity index is 1.64. The van der Waals surface area contributed by atoms with Gasteiger partial charge in [-0.05, 0) is 44.6 Å². The lowest BCUT2D eigenvalue weighted by Gasteiger charge is -2.32. The molecule has 0 amide bonds. The fourth-order valence-corrected chi connectivity index (χ4v) is 2.81. The molecule has 15 heavy (non-hydrogen) atoms. The minimum absolute atomic E-state index is 0.480. The summed E-state index contributed by atoms with van der Waals surface area (Å²) in [6.07, 6.45) is 8.25. The Morgan fingerprint density at radius 1 is 1.07 bits per heavy atom. The second kappa shape index (κ2) is 5.11. The second-order valence-corrected chi connectivity index (χ2v) is 5.50. The maximum absolute atomic E-state index is 11.1. The molecule has 2 nitrogen and oxygen atoms in total. The normalized spacial score (nSPS) is 24.5. The monoisotopic (exact) mass is 209 g/mol. The molecule has 0 aliphatic heterocycles. The molecule has 0 bridgehead atoms. The lowest BCUT2D eigenvalue weighted by molar-refractivity contribution is -0.121. The van der Waals surface area contributed by atoms with Gasteiger partial charge in [-0.1, -0.05) is 6.42 Å². The molecular weight excluding hydrogens is 186 g/mol. The van der Waals surface area contributed by atoms with Crippen LogP contribution in [0.25, 0.3) is 0 Å². The van der Waals surface area contributed by atoms with Crippen LogP contribution in [0.2, 0.25) is 0 Å². The Morgan fingerprint density at radius 3 is 2.07 bits per heavy atom. The molecule has 0 saturated heterocycles. The fraction of sp³-hybridized carbons (Fsp3) is 0.923. The molecule has 0 atom stereocenters. The van der Waals surface area contributed by atoms with E-state index in [2.05, 4.69) is 11.9 Å². The third-order valence-corrected chi connectivity index (χ3v) is 4.03. The topological polar surface area (TPSA) is 20.3 Å². The third-order valence-electron chi connectivity index (χ3n) is 4.03. The van der Waals surface area contributed by atoms with Crippen molar-refractivity contribution in [2.75, 3.05) is 20.1 Å². The molecule has 0 N–H and O–H groups in total. The summed E-state index contributed by atoms with van der Waals surface area (Å²) in [5.41, 5.74) is 0. The first-order chi connectivity index (χ1) is 7.24. The van der Waals surface area contributed by atoms with Gasteiger partial charge in [-0.2, -0.15) is 0 Å². The van der Waals surface area contributed by atoms with Gasteiger partial charge in [0.25, 0.3) is 0 Å². The van der Waals surface area contributed by atoms with Crippen molar-refractivity contribution in [2.24, 2.45) is 11.8 Å². The van der Waals surface area contributed by atoms with E-state index in [1.807, 2.05) is 0 Å². The summed E-state index contributed by atoms with van der Waals surface area (Å²) in [5.74, 6) is 2.24. The summed E-state index contributed by atoms with van der Waals surface area (Å²) < 4.78 is 0. The van der Waals surface area contributed by atoms with E-state index in [1.165, 1.54) is 32.4 Å². The minimum atomic E-state index is 0.480. The van der Waals surface area contributed by atoms with Crippen LogP contribution in [0.3, 0.4) is 0 Å². The molecule has 2 rings (SSSR count). The maximum Gasteiger partial charge on any atom is 0.132 e. The number of rotatable bonds is 4. The van der Waals surface area contributed by atoms with E-state index in [4.69, 9.17) is 0 Å². The highest BCUT2D eigenvalue weighted by Crippen LogP contribution is 2.28. The van der Waals surface area contributed by atoms with Crippen molar-refractivity contribution >= 4 is 5.78 Å². The van der Waals surface area contributed by atoms with Crippen molar-refractivity contribution < 1.29 is 4.79 Å². The number of nitrogens with zero attached hydrogens (tertiary/aromatic N) is 1. The third kappa shape index (κ3) is 3.30. The zero-order valence-electron chi connectivity index (χ0n) is 9.87. The number of ketones is 1. The van der Waals surface area contributed by atoms with E-state index in [0.717, 1.165) is 37.5 Å². The zero-order chi connectivity index (χ0) is 10.7. The Bertz CT molecular complexity index is 213. The Hall–Kier alpha value is -0.370. The molecule has 2 aliphatic rings. The Morgan fingerprint density at radius 2 is 1.60 bits per heavy atom. The van der Waals surface area contributed by atoms with Crippen LogP contribution in [0.1, 0.15) is 44.9 Å². The van der Waals surface area contributed by atoms with Gasteiger partial charge >= 0.3 is 0 Å². The van der Waals surface area contributed by atoms with Gasteiger partial charge < -0.3 is 4.90 Å². The lowest BCUT2D eigenvalue weighted by Crippen LogP contribution is -2.34. The SMILES string of the molecule is CN(CC1CCC1)CC1CCC(=O)CC1. The molecule has 0 aromatic heterocycles. The van der Waals surface area contributed by atoms with E-state index in [0.29, 0.717) is 5.78 Å². The number of hydrogen-bond acceptors (Lipinski definition) is 2. The molecular formula is C13H23NO. The largest absolute Gasteiger partial charge is 0.306 e. The first-order valence-corrected chi connectivity index (χ1v) is 6.44. The molecule has 2 saturated carbocycles. The predicted octanol–water partition coefficient (Wildman–Crippen LogP) is 2.48. The lowest BCUT2D eigenvalue weighted by atomic mass is 9.84. The molecule has 2 aliphatic carbocycles. The van der Waals surface area contributed by atoms with Gasteiger partial charge in [-0.15, -0.1) is 0 Å². The van der Waals surface area contributed by atoms with Crippen LogP contribution in [0.15, 0.2) is 0 Å². The second-order valence-electron chi connectivity index (χ2n) is 5.50. The molecule has 86 valence electrons. The highest BCUT2D eigenvalue weighted by molar-refractivity contribution is 5.79. The zero-order valence-corrected chi connectivity index (χ0v) is 9.87. The van der Waals surface area contributed by atoms with Crippen molar-refractivity contribution in [1.82, 2.24) is 4.90 Å². The highest BCUT2D eigenvalue weighted by atomic mass is 16.1. The van der Waals surface area contributed by atoms with Crippen molar-refractivity contribution in [3.63, 3.8) is 0 Å². The number of carbonyl (C=O) groups is 1. The molecule has 0 spiro atoms. The molecule has 0 heterocycles. The van der Waals surface area contributed by atoms with E-state index in [-0.39, 0.29) is 0 Å². The predicted molar refractivity (Wildman–Crippen MR) is 61.8 cm³/mol. The Labute approximate surface area is 93.0 Å². The minimum Gasteiger partial charge on any atom is -0.306 e. The van der Waals surface area contributed by atoms with E-state index < -0.39 is 0 Å². The summed E-state index contributed by atoms with van der Waals surface area (Å²) in [4.78, 5) is 13.6. The first kappa shape index (κ1) is 11.1. The van der Waals surface area contributed by atoms with Gasteiger partial charge in [-0.3, -0.25) is 4.79 Å². The van der Waals surface area contributed by atoms with Gasteiger partial charge in [0.2, 0.25) is 0 Å². The van der Waals surface area contributed by atoms with E-state index in [9.17, 15) is 4.79 Å². The van der Waals surface area contributed by atoms with Gasteiger partial charge in [0.15, 0.2) is 0 Å². The van der Waals surface area contributed by atoms with Gasteiger partial charge in [0.1, 0.15) is 5.78 Å². The molecule has 2 heteroatoms. The van der Waals surface area contributed by atoms with E-state index >= 15 is 0 Å². The summed E-state index contributed by atoms with van der Waals surface area (Å²) in [6.45, 7) is 2.49. The highest BCUT2D eigenvalue weighted by Gasteiger charge is 2.23. The Kier molecular flexibility index (Phi) is 3.79. The van der Waals surface area contributed by atoms with Crippen molar-refractivity contribution in [3.8, 4) is 0 Å². The quantitative estimate of drug-likeness (QED) is 0.709. The van der Waals surface area contributed by atoms with Crippen LogP contribution in [0.5, 0.6) is 0 Å². The van der Waals surface area contributed by atoms with Crippen molar-refractivity contribution in [1.29, 1.82) is 0 Å². The van der Waals surface area contributed by atoms with Crippen molar-refractivity contribution in [3.05, 3.63) is 0 Å². The smallest absolute Gasteiger partial charge is 0.132 e. The maximum atomic E-state index is 11.1. The summed E-state index contributed by atoms with van der Waals surface area (Å²) in [5, 5.41) is 0. The van der Waals surface area contributed by atoms with Gasteiger partial charge in [0, 0.05) is 25.9 Å². The molecule has 0 aromatic carbocycles. The molecule has 0 aromatic rings. The number of Topliss-reactive ketones (excluding diaryl/α,β-unsaturated/α-hetero) is 1. The average molecular weight is 209 g/mol. The first-order valence-electron chi connectivity index (χ1n) is 6.44. The standard InChI is InChI=1S/C13H23NO/c1-14(9-11-3-2-4-11)10-12-5-7-13(15)8-6-12/h11-12H,2-10H2,1H3. The van der Waals surface area contributed by atoms with Crippen LogP contribution < -0.4 is 0 Å². The van der Waals surface area contributed by atoms with Crippen LogP contribution in [-0.2, 0) is 4.79 Å². The van der Waals surface area contributed by atoms with E-state index in [1.54, 1.807) is 0 Å². The summed E-state index contributed by atoms with van der Waals surface area (Å²) in [7, 11) is 2.24. The molecule has 0 radical (unpaired) electrons. The summed E-state index contributed by atoms with van der Waals surface area (Å²) >= 11 is 0. The van der Waals surface area contributed by atoms with Gasteiger partial charge in [-0.25, -0.2) is 0 Å². The van der Waals surface area contributed by atoms with Crippen molar-refractivity contribution in [2.45, 2.75) is 44.9 Å². The van der Waals surface area contributed by atoms with Crippen LogP contribution in [-0.4, -0.2) is 30.8 Å². The molecule has 0 unspecified atom stereocenters. The van der Waals surface area contributed by atoms with Gasteiger partial charge in [0.05, 0.1) is 0 Å². The van der Waals surface area contributed by atoms with Crippen LogP contribution in [0, 0.1) is 11.8 Å². The fourth-order valence-electron chi connectivity index (χ4n) is 2.81. The summed E-state index contributed by atoms with van der Waals surface area (Å²) in [6, 6.07) is 0. The molecule has 2 fully saturated rings. The number of carbonyl (C=O) groups excluding carboxylic acids is 1.